The van der Waals surface area contributed by atoms with E-state index >= 15 is 0 Å². The molecule has 0 bridgehead atoms. The molecule has 0 radical (unpaired) electrons. The van der Waals surface area contributed by atoms with Gasteiger partial charge in [-0.15, -0.1) is 0 Å². The Bertz CT molecular complexity index is 450. The lowest BCUT2D eigenvalue weighted by molar-refractivity contribution is -0.0518. The average Bonchev–Trinajstić information content (AvgIpc) is 3.07. The number of anilines is 1. The summed E-state index contributed by atoms with van der Waals surface area (Å²) < 4.78 is 28.4. The van der Waals surface area contributed by atoms with Gasteiger partial charge in [-0.1, -0.05) is 0 Å². The van der Waals surface area contributed by atoms with Gasteiger partial charge in [-0.05, 0) is 19.3 Å². The Morgan fingerprint density at radius 1 is 1.25 bits per heavy atom. The summed E-state index contributed by atoms with van der Waals surface area (Å²) in [6, 6.07) is 0.707. The Balaban J connectivity index is 1.57. The van der Waals surface area contributed by atoms with Crippen LogP contribution in [0.2, 0.25) is 0 Å². The van der Waals surface area contributed by atoms with Gasteiger partial charge in [0.1, 0.15) is 0 Å². The van der Waals surface area contributed by atoms with Crippen LogP contribution in [0.5, 0.6) is 0 Å². The van der Waals surface area contributed by atoms with E-state index in [4.69, 9.17) is 0 Å². The molecule has 1 N–H and O–H groups in total. The highest BCUT2D eigenvalue weighted by atomic mass is 19.3. The van der Waals surface area contributed by atoms with E-state index in [0.29, 0.717) is 24.9 Å². The fraction of sp³-hybridized carbons (Fsp3) is 0.786. The molecular weight excluding hydrogens is 262 g/mol. The van der Waals surface area contributed by atoms with Crippen molar-refractivity contribution in [2.45, 2.75) is 50.1 Å². The topological polar surface area (TPSA) is 33.1 Å². The number of hydrogen-bond donors (Lipinski definition) is 1. The van der Waals surface area contributed by atoms with Crippen molar-refractivity contribution >= 4 is 5.69 Å². The minimum atomic E-state index is -2.43. The van der Waals surface area contributed by atoms with Gasteiger partial charge in [0.25, 0.3) is 0 Å². The molecule has 1 aliphatic heterocycles. The molecule has 1 aromatic heterocycles. The average molecular weight is 284 g/mol. The largest absolute Gasteiger partial charge is 0.386 e. The molecule has 2 aliphatic rings. The Morgan fingerprint density at radius 2 is 2.00 bits per heavy atom. The summed E-state index contributed by atoms with van der Waals surface area (Å²) in [5, 5.41) is 7.45. The molecule has 0 unspecified atom stereocenters. The number of nitrogens with zero attached hydrogens (tertiary/aromatic N) is 3. The molecule has 3 rings (SSSR count). The molecule has 0 aromatic carbocycles. The molecule has 112 valence electrons. The summed E-state index contributed by atoms with van der Waals surface area (Å²) in [6.45, 7) is 1.93. The van der Waals surface area contributed by atoms with Crippen LogP contribution in [0.15, 0.2) is 12.4 Å². The van der Waals surface area contributed by atoms with Gasteiger partial charge in [-0.25, -0.2) is 8.78 Å². The zero-order valence-corrected chi connectivity index (χ0v) is 11.9. The first-order chi connectivity index (χ1) is 9.57. The normalized spacial score (nSPS) is 27.9. The van der Waals surface area contributed by atoms with Crippen LogP contribution >= 0.6 is 0 Å². The molecule has 1 atom stereocenters. The number of aromatic nitrogens is 2. The number of hydrogen-bond acceptors (Lipinski definition) is 3. The molecule has 6 heteroatoms. The zero-order chi connectivity index (χ0) is 14.2. The van der Waals surface area contributed by atoms with Gasteiger partial charge in [0.05, 0.1) is 17.9 Å². The highest BCUT2D eigenvalue weighted by molar-refractivity contribution is 5.37. The lowest BCUT2D eigenvalue weighted by atomic mass is 9.91. The van der Waals surface area contributed by atoms with Crippen molar-refractivity contribution in [1.29, 1.82) is 0 Å². The second-order valence-electron chi connectivity index (χ2n) is 5.98. The van der Waals surface area contributed by atoms with Crippen molar-refractivity contribution in [2.75, 3.05) is 25.5 Å². The molecular formula is C14H22F2N4. The number of halogens is 2. The standard InChI is InChI=1S/C14H22F2N4/c1-17-11-8-18-20(9-11)13-4-7-19(10-13)12-2-5-14(15,16)6-3-12/h8-9,12-13,17H,2-7,10H2,1H3/t13-/m1/s1. The maximum atomic E-state index is 13.2. The van der Waals surface area contributed by atoms with Crippen LogP contribution in [-0.2, 0) is 0 Å². The molecule has 2 fully saturated rings. The second-order valence-corrected chi connectivity index (χ2v) is 5.98. The molecule has 4 nitrogen and oxygen atoms in total. The van der Waals surface area contributed by atoms with Gasteiger partial charge >= 0.3 is 0 Å². The van der Waals surface area contributed by atoms with E-state index in [1.807, 2.05) is 24.1 Å². The Morgan fingerprint density at radius 3 is 2.65 bits per heavy atom. The van der Waals surface area contributed by atoms with Crippen molar-refractivity contribution in [2.24, 2.45) is 0 Å². The number of nitrogens with one attached hydrogen (secondary N) is 1. The SMILES string of the molecule is CNc1cnn([C@@H]2CCN(C3CCC(F)(F)CC3)C2)c1. The minimum Gasteiger partial charge on any atom is -0.386 e. The van der Waals surface area contributed by atoms with E-state index in [1.165, 1.54) is 0 Å². The fourth-order valence-corrected chi connectivity index (χ4v) is 3.37. The minimum absolute atomic E-state index is 0.0461. The zero-order valence-electron chi connectivity index (χ0n) is 11.9. The van der Waals surface area contributed by atoms with Crippen LogP contribution in [-0.4, -0.2) is 46.8 Å². The van der Waals surface area contributed by atoms with Crippen molar-refractivity contribution in [1.82, 2.24) is 14.7 Å². The fourth-order valence-electron chi connectivity index (χ4n) is 3.37. The van der Waals surface area contributed by atoms with Gasteiger partial charge in [0.2, 0.25) is 5.92 Å². The Labute approximate surface area is 118 Å². The summed E-state index contributed by atoms with van der Waals surface area (Å²) in [5.74, 6) is -2.43. The molecule has 20 heavy (non-hydrogen) atoms. The predicted molar refractivity (Wildman–Crippen MR) is 74.2 cm³/mol. The molecule has 1 saturated carbocycles. The van der Waals surface area contributed by atoms with Crippen molar-refractivity contribution < 1.29 is 8.78 Å². The van der Waals surface area contributed by atoms with Crippen molar-refractivity contribution in [3.63, 3.8) is 0 Å². The summed E-state index contributed by atoms with van der Waals surface area (Å²) >= 11 is 0. The van der Waals surface area contributed by atoms with Crippen LogP contribution in [0.25, 0.3) is 0 Å². The molecule has 1 aliphatic carbocycles. The van der Waals surface area contributed by atoms with Crippen molar-refractivity contribution in [3.8, 4) is 0 Å². The number of rotatable bonds is 3. The molecule has 2 heterocycles. The molecule has 1 aromatic rings. The van der Waals surface area contributed by atoms with Gasteiger partial charge in [0, 0.05) is 45.2 Å². The van der Waals surface area contributed by atoms with Crippen molar-refractivity contribution in [3.05, 3.63) is 12.4 Å². The van der Waals surface area contributed by atoms with Crippen LogP contribution in [0, 0.1) is 0 Å². The predicted octanol–water partition coefficient (Wildman–Crippen LogP) is 2.75. The maximum absolute atomic E-state index is 13.2. The number of alkyl halides is 2. The Hall–Kier alpha value is -1.17. The summed E-state index contributed by atoms with van der Waals surface area (Å²) in [5.41, 5.74) is 1.01. The van der Waals surface area contributed by atoms with Gasteiger partial charge < -0.3 is 5.32 Å². The third kappa shape index (κ3) is 2.80. The van der Waals surface area contributed by atoms with Crippen LogP contribution in [0.4, 0.5) is 14.5 Å². The summed E-state index contributed by atoms with van der Waals surface area (Å²) in [7, 11) is 1.88. The number of likely N-dealkylation sites (tertiary alicyclic amines) is 1. The maximum Gasteiger partial charge on any atom is 0.248 e. The lowest BCUT2D eigenvalue weighted by Gasteiger charge is -2.34. The van der Waals surface area contributed by atoms with E-state index < -0.39 is 5.92 Å². The van der Waals surface area contributed by atoms with E-state index in [-0.39, 0.29) is 12.8 Å². The quantitative estimate of drug-likeness (QED) is 0.926. The lowest BCUT2D eigenvalue weighted by Crippen LogP contribution is -2.39. The highest BCUT2D eigenvalue weighted by Crippen LogP contribution is 2.37. The first-order valence-corrected chi connectivity index (χ1v) is 7.41. The third-order valence-corrected chi connectivity index (χ3v) is 4.66. The van der Waals surface area contributed by atoms with Crippen LogP contribution in [0.1, 0.15) is 38.1 Å². The highest BCUT2D eigenvalue weighted by Gasteiger charge is 2.38. The third-order valence-electron chi connectivity index (χ3n) is 4.66. The van der Waals surface area contributed by atoms with Crippen LogP contribution in [0.3, 0.4) is 0 Å². The van der Waals surface area contributed by atoms with E-state index in [1.54, 1.807) is 0 Å². The molecule has 1 saturated heterocycles. The summed E-state index contributed by atoms with van der Waals surface area (Å²) in [6.07, 6.45) is 6.24. The van der Waals surface area contributed by atoms with E-state index in [9.17, 15) is 8.78 Å². The van der Waals surface area contributed by atoms with E-state index in [0.717, 1.165) is 25.2 Å². The van der Waals surface area contributed by atoms with Gasteiger partial charge in [-0.2, -0.15) is 5.10 Å². The van der Waals surface area contributed by atoms with Crippen LogP contribution < -0.4 is 5.32 Å². The smallest absolute Gasteiger partial charge is 0.248 e. The van der Waals surface area contributed by atoms with Gasteiger partial charge in [0.15, 0.2) is 0 Å². The summed E-state index contributed by atoms with van der Waals surface area (Å²) in [4.78, 5) is 2.38. The second kappa shape index (κ2) is 5.31. The van der Waals surface area contributed by atoms with Gasteiger partial charge in [-0.3, -0.25) is 9.58 Å². The molecule has 0 amide bonds. The Kier molecular flexibility index (Phi) is 3.67. The monoisotopic (exact) mass is 284 g/mol. The molecule has 0 spiro atoms. The first kappa shape index (κ1) is 13.8. The van der Waals surface area contributed by atoms with E-state index in [2.05, 4.69) is 15.3 Å². The first-order valence-electron chi connectivity index (χ1n) is 7.41.